The van der Waals surface area contributed by atoms with Gasteiger partial charge >= 0.3 is 5.97 Å². The van der Waals surface area contributed by atoms with Gasteiger partial charge in [-0.2, -0.15) is 0 Å². The molecule has 3 N–H and O–H groups in total. The van der Waals surface area contributed by atoms with Crippen LogP contribution in [0, 0.1) is 5.82 Å². The standard InChI is InChI=1S/C24H28FNO6/c1-24(26-22(28)9-10-27)13-20(16-4-6-17(25)7-5-16)32-21(14-24)18-11-15(12-23(29)30)3-8-19(18)31-2/h3-8,11,20-21,27H,9-10,12-14H2,1-2H3,(H,26,28)(H,29,30)/t20-,21+,24-/m0/s1. The highest BCUT2D eigenvalue weighted by atomic mass is 19.1. The van der Waals surface area contributed by atoms with Gasteiger partial charge in [-0.05, 0) is 42.3 Å². The minimum Gasteiger partial charge on any atom is -0.496 e. The van der Waals surface area contributed by atoms with E-state index in [2.05, 4.69) is 5.32 Å². The van der Waals surface area contributed by atoms with Gasteiger partial charge in [-0.25, -0.2) is 4.39 Å². The summed E-state index contributed by atoms with van der Waals surface area (Å²) in [4.78, 5) is 23.5. The lowest BCUT2D eigenvalue weighted by atomic mass is 9.80. The van der Waals surface area contributed by atoms with Crippen molar-refractivity contribution < 1.29 is 33.7 Å². The number of ether oxygens (including phenoxy) is 2. The van der Waals surface area contributed by atoms with Crippen molar-refractivity contribution in [1.82, 2.24) is 5.32 Å². The highest BCUT2D eigenvalue weighted by molar-refractivity contribution is 5.76. The molecule has 2 aromatic rings. The maximum Gasteiger partial charge on any atom is 0.307 e. The Hall–Kier alpha value is -2.97. The summed E-state index contributed by atoms with van der Waals surface area (Å²) in [5, 5.41) is 21.3. The zero-order valence-corrected chi connectivity index (χ0v) is 18.1. The number of hydrogen-bond acceptors (Lipinski definition) is 5. The number of nitrogens with one attached hydrogen (secondary N) is 1. The van der Waals surface area contributed by atoms with Crippen LogP contribution in [0.25, 0.3) is 0 Å². The van der Waals surface area contributed by atoms with Crippen LogP contribution in [0.4, 0.5) is 4.39 Å². The van der Waals surface area contributed by atoms with E-state index in [4.69, 9.17) is 14.6 Å². The molecule has 32 heavy (non-hydrogen) atoms. The number of rotatable bonds is 8. The van der Waals surface area contributed by atoms with Crippen LogP contribution in [0.15, 0.2) is 42.5 Å². The molecule has 8 heteroatoms. The van der Waals surface area contributed by atoms with Gasteiger partial charge in [0.15, 0.2) is 0 Å². The molecule has 1 aliphatic rings. The molecule has 0 bridgehead atoms. The molecular formula is C24H28FNO6. The molecule has 172 valence electrons. The predicted octanol–water partition coefficient (Wildman–Crippen LogP) is 3.31. The third-order valence-electron chi connectivity index (χ3n) is 5.62. The molecule has 1 fully saturated rings. The number of carbonyl (C=O) groups is 2. The Bertz CT molecular complexity index is 963. The van der Waals surface area contributed by atoms with E-state index < -0.39 is 23.7 Å². The average Bonchev–Trinajstić information content (AvgIpc) is 2.73. The molecular weight excluding hydrogens is 417 g/mol. The third kappa shape index (κ3) is 5.83. The fraction of sp³-hybridized carbons (Fsp3) is 0.417. The number of aliphatic carboxylic acids is 1. The van der Waals surface area contributed by atoms with Crippen LogP contribution in [0.5, 0.6) is 5.75 Å². The number of aliphatic hydroxyl groups excluding tert-OH is 1. The Morgan fingerprint density at radius 2 is 1.88 bits per heavy atom. The van der Waals surface area contributed by atoms with E-state index in [0.29, 0.717) is 29.7 Å². The molecule has 0 radical (unpaired) electrons. The smallest absolute Gasteiger partial charge is 0.307 e. The summed E-state index contributed by atoms with van der Waals surface area (Å²) in [7, 11) is 1.53. The van der Waals surface area contributed by atoms with Crippen LogP contribution in [-0.2, 0) is 20.7 Å². The van der Waals surface area contributed by atoms with E-state index in [-0.39, 0.29) is 31.2 Å². The van der Waals surface area contributed by atoms with Crippen molar-refractivity contribution in [3.63, 3.8) is 0 Å². The fourth-order valence-corrected chi connectivity index (χ4v) is 4.18. The molecule has 0 aromatic heterocycles. The summed E-state index contributed by atoms with van der Waals surface area (Å²) in [5.74, 6) is -1.04. The zero-order valence-electron chi connectivity index (χ0n) is 18.1. The number of carboxylic acid groups (broad SMARTS) is 1. The summed E-state index contributed by atoms with van der Waals surface area (Å²) in [5.41, 5.74) is 1.37. The number of methoxy groups -OCH3 is 1. The number of carbonyl (C=O) groups excluding carboxylic acids is 1. The fourth-order valence-electron chi connectivity index (χ4n) is 4.18. The van der Waals surface area contributed by atoms with Gasteiger partial charge in [-0.3, -0.25) is 9.59 Å². The van der Waals surface area contributed by atoms with Gasteiger partial charge in [0.2, 0.25) is 5.91 Å². The number of aliphatic hydroxyl groups is 1. The maximum atomic E-state index is 13.5. The first-order valence-corrected chi connectivity index (χ1v) is 10.4. The van der Waals surface area contributed by atoms with E-state index in [1.807, 2.05) is 6.92 Å². The van der Waals surface area contributed by atoms with Gasteiger partial charge in [-0.1, -0.05) is 18.2 Å². The van der Waals surface area contributed by atoms with E-state index in [0.717, 1.165) is 5.56 Å². The Kier molecular flexibility index (Phi) is 7.48. The summed E-state index contributed by atoms with van der Waals surface area (Å²) in [6.45, 7) is 1.65. The number of carboxylic acids is 1. The molecule has 1 heterocycles. The largest absolute Gasteiger partial charge is 0.496 e. The van der Waals surface area contributed by atoms with Crippen molar-refractivity contribution in [2.75, 3.05) is 13.7 Å². The summed E-state index contributed by atoms with van der Waals surface area (Å²) in [6.07, 6.45) is -0.253. The average molecular weight is 445 g/mol. The Labute approximate surface area is 186 Å². The van der Waals surface area contributed by atoms with Crippen LogP contribution in [0.2, 0.25) is 0 Å². The number of halogens is 1. The first-order valence-electron chi connectivity index (χ1n) is 10.4. The monoisotopic (exact) mass is 445 g/mol. The van der Waals surface area contributed by atoms with Gasteiger partial charge < -0.3 is 25.0 Å². The first-order chi connectivity index (χ1) is 15.2. The molecule has 3 atom stereocenters. The molecule has 1 amide bonds. The van der Waals surface area contributed by atoms with E-state index in [1.165, 1.54) is 19.2 Å². The van der Waals surface area contributed by atoms with Crippen molar-refractivity contribution in [3.05, 3.63) is 65.0 Å². The van der Waals surface area contributed by atoms with Gasteiger partial charge in [-0.15, -0.1) is 0 Å². The van der Waals surface area contributed by atoms with Crippen molar-refractivity contribution in [3.8, 4) is 5.75 Å². The second-order valence-corrected chi connectivity index (χ2v) is 8.30. The van der Waals surface area contributed by atoms with Crippen LogP contribution in [0.1, 0.15) is 55.1 Å². The molecule has 0 spiro atoms. The molecule has 0 aliphatic carbocycles. The van der Waals surface area contributed by atoms with Gasteiger partial charge in [0.05, 0.1) is 32.3 Å². The molecule has 0 saturated carbocycles. The topological polar surface area (TPSA) is 105 Å². The lowest BCUT2D eigenvalue weighted by Gasteiger charge is -2.43. The summed E-state index contributed by atoms with van der Waals surface area (Å²) < 4.78 is 25.4. The number of amides is 1. The molecule has 1 saturated heterocycles. The Morgan fingerprint density at radius 3 is 2.50 bits per heavy atom. The molecule has 2 aromatic carbocycles. The second kappa shape index (κ2) is 10.1. The van der Waals surface area contributed by atoms with E-state index in [9.17, 15) is 19.1 Å². The maximum absolute atomic E-state index is 13.5. The quantitative estimate of drug-likeness (QED) is 0.576. The third-order valence-corrected chi connectivity index (χ3v) is 5.62. The lowest BCUT2D eigenvalue weighted by Crippen LogP contribution is -2.51. The zero-order chi connectivity index (χ0) is 23.3. The van der Waals surface area contributed by atoms with Crippen LogP contribution in [0.3, 0.4) is 0 Å². The van der Waals surface area contributed by atoms with Gasteiger partial charge in [0.25, 0.3) is 0 Å². The number of benzene rings is 2. The van der Waals surface area contributed by atoms with Crippen LogP contribution in [-0.4, -0.2) is 41.3 Å². The first kappa shape index (κ1) is 23.7. The minimum atomic E-state index is -0.948. The van der Waals surface area contributed by atoms with Crippen molar-refractivity contribution in [2.45, 2.75) is 50.4 Å². The second-order valence-electron chi connectivity index (χ2n) is 8.30. The Morgan fingerprint density at radius 1 is 1.19 bits per heavy atom. The van der Waals surface area contributed by atoms with Gasteiger partial charge in [0, 0.05) is 30.4 Å². The van der Waals surface area contributed by atoms with E-state index in [1.54, 1.807) is 30.3 Å². The van der Waals surface area contributed by atoms with E-state index >= 15 is 0 Å². The van der Waals surface area contributed by atoms with Crippen LogP contribution < -0.4 is 10.1 Å². The summed E-state index contributed by atoms with van der Waals surface area (Å²) in [6, 6.07) is 11.2. The Balaban J connectivity index is 1.99. The SMILES string of the molecule is COc1ccc(CC(=O)O)cc1[C@H]1C[C@@](C)(NC(=O)CCO)C[C@@H](c2ccc(F)cc2)O1. The lowest BCUT2D eigenvalue weighted by molar-refractivity contribution is -0.136. The molecule has 3 rings (SSSR count). The normalized spacial score (nSPS) is 22.9. The molecule has 7 nitrogen and oxygen atoms in total. The minimum absolute atomic E-state index is 0.0141. The molecule has 1 aliphatic heterocycles. The number of hydrogen-bond donors (Lipinski definition) is 3. The van der Waals surface area contributed by atoms with Crippen LogP contribution >= 0.6 is 0 Å². The van der Waals surface area contributed by atoms with Crippen molar-refractivity contribution >= 4 is 11.9 Å². The van der Waals surface area contributed by atoms with Crippen molar-refractivity contribution in [2.24, 2.45) is 0 Å². The molecule has 0 unspecified atom stereocenters. The summed E-state index contributed by atoms with van der Waals surface area (Å²) >= 11 is 0. The van der Waals surface area contributed by atoms with Gasteiger partial charge in [0.1, 0.15) is 11.6 Å². The van der Waals surface area contributed by atoms with Crippen molar-refractivity contribution in [1.29, 1.82) is 0 Å². The predicted molar refractivity (Wildman–Crippen MR) is 115 cm³/mol. The highest BCUT2D eigenvalue weighted by Crippen LogP contribution is 2.46. The highest BCUT2D eigenvalue weighted by Gasteiger charge is 2.41.